The van der Waals surface area contributed by atoms with Gasteiger partial charge in [0.15, 0.2) is 11.5 Å². The van der Waals surface area contributed by atoms with E-state index in [-0.39, 0.29) is 24.8 Å². The van der Waals surface area contributed by atoms with Crippen LogP contribution in [0.15, 0.2) is 18.2 Å². The average Bonchev–Trinajstić information content (AvgIpc) is 2.46. The lowest BCUT2D eigenvalue weighted by molar-refractivity contribution is -0.137. The number of carboxylic acids is 1. The summed E-state index contributed by atoms with van der Waals surface area (Å²) in [6.07, 6.45) is 0.558. The van der Waals surface area contributed by atoms with Crippen molar-refractivity contribution in [3.63, 3.8) is 0 Å². The zero-order valence-corrected chi connectivity index (χ0v) is 11.9. The first-order valence-electron chi connectivity index (χ1n) is 6.97. The SMILES string of the molecule is CC(NC(=O)CCCC(=O)O)c1ccc2c(c1)OCCO2. The largest absolute Gasteiger partial charge is 0.486 e. The Hall–Kier alpha value is -2.24. The Kier molecular flexibility index (Phi) is 5.03. The molecule has 0 saturated carbocycles. The van der Waals surface area contributed by atoms with Crippen molar-refractivity contribution in [2.24, 2.45) is 0 Å². The number of nitrogens with one attached hydrogen (secondary N) is 1. The normalized spacial score (nSPS) is 14.3. The minimum Gasteiger partial charge on any atom is -0.486 e. The predicted molar refractivity (Wildman–Crippen MR) is 75.5 cm³/mol. The second kappa shape index (κ2) is 6.97. The summed E-state index contributed by atoms with van der Waals surface area (Å²) in [6, 6.07) is 5.40. The van der Waals surface area contributed by atoms with Crippen LogP contribution in [0.2, 0.25) is 0 Å². The zero-order chi connectivity index (χ0) is 15.2. The van der Waals surface area contributed by atoms with Crippen LogP contribution in [0.3, 0.4) is 0 Å². The third-order valence-electron chi connectivity index (χ3n) is 3.24. The number of amides is 1. The summed E-state index contributed by atoms with van der Waals surface area (Å²) in [6.45, 7) is 2.94. The molecule has 6 nitrogen and oxygen atoms in total. The van der Waals surface area contributed by atoms with E-state index in [1.165, 1.54) is 0 Å². The van der Waals surface area contributed by atoms with Crippen molar-refractivity contribution < 1.29 is 24.2 Å². The molecule has 6 heteroatoms. The fourth-order valence-electron chi connectivity index (χ4n) is 2.13. The first-order valence-corrected chi connectivity index (χ1v) is 6.97. The molecule has 0 radical (unpaired) electrons. The maximum Gasteiger partial charge on any atom is 0.303 e. The predicted octanol–water partition coefficient (Wildman–Crippen LogP) is 1.89. The van der Waals surface area contributed by atoms with Gasteiger partial charge >= 0.3 is 5.97 Å². The Morgan fingerprint density at radius 3 is 2.67 bits per heavy atom. The molecule has 0 aliphatic carbocycles. The number of rotatable bonds is 6. The maximum absolute atomic E-state index is 11.7. The molecule has 1 aliphatic rings. The van der Waals surface area contributed by atoms with Crippen LogP contribution in [0.4, 0.5) is 0 Å². The van der Waals surface area contributed by atoms with E-state index in [2.05, 4.69) is 5.32 Å². The quantitative estimate of drug-likeness (QED) is 0.836. The Bertz CT molecular complexity index is 529. The van der Waals surface area contributed by atoms with Crippen molar-refractivity contribution >= 4 is 11.9 Å². The van der Waals surface area contributed by atoms with Crippen LogP contribution in [-0.2, 0) is 9.59 Å². The smallest absolute Gasteiger partial charge is 0.303 e. The molecule has 1 aliphatic heterocycles. The van der Waals surface area contributed by atoms with Gasteiger partial charge in [0.05, 0.1) is 6.04 Å². The van der Waals surface area contributed by atoms with Gasteiger partial charge in [0, 0.05) is 12.8 Å². The molecule has 1 amide bonds. The first-order chi connectivity index (χ1) is 10.1. The molecule has 1 aromatic carbocycles. The fourth-order valence-corrected chi connectivity index (χ4v) is 2.13. The number of hydrogen-bond donors (Lipinski definition) is 2. The van der Waals surface area contributed by atoms with Crippen molar-refractivity contribution in [2.45, 2.75) is 32.2 Å². The van der Waals surface area contributed by atoms with Gasteiger partial charge in [0.25, 0.3) is 0 Å². The Balaban J connectivity index is 1.89. The van der Waals surface area contributed by atoms with Gasteiger partial charge in [-0.3, -0.25) is 9.59 Å². The highest BCUT2D eigenvalue weighted by Gasteiger charge is 2.15. The molecule has 1 heterocycles. The van der Waals surface area contributed by atoms with E-state index in [4.69, 9.17) is 14.6 Å². The van der Waals surface area contributed by atoms with Crippen LogP contribution in [0.5, 0.6) is 11.5 Å². The highest BCUT2D eigenvalue weighted by atomic mass is 16.6. The molecule has 21 heavy (non-hydrogen) atoms. The second-order valence-electron chi connectivity index (χ2n) is 4.94. The fraction of sp³-hybridized carbons (Fsp3) is 0.467. The molecule has 1 unspecified atom stereocenters. The van der Waals surface area contributed by atoms with E-state index in [0.29, 0.717) is 31.1 Å². The summed E-state index contributed by atoms with van der Waals surface area (Å²) < 4.78 is 11.0. The summed E-state index contributed by atoms with van der Waals surface area (Å²) in [7, 11) is 0. The van der Waals surface area contributed by atoms with Gasteiger partial charge in [-0.1, -0.05) is 6.07 Å². The van der Waals surface area contributed by atoms with Gasteiger partial charge in [0.1, 0.15) is 13.2 Å². The van der Waals surface area contributed by atoms with Crippen molar-refractivity contribution in [3.8, 4) is 11.5 Å². The molecule has 0 spiro atoms. The van der Waals surface area contributed by atoms with E-state index >= 15 is 0 Å². The Morgan fingerprint density at radius 1 is 1.24 bits per heavy atom. The Morgan fingerprint density at radius 2 is 1.95 bits per heavy atom. The van der Waals surface area contributed by atoms with E-state index in [0.717, 1.165) is 5.56 Å². The summed E-state index contributed by atoms with van der Waals surface area (Å²) in [4.78, 5) is 22.1. The lowest BCUT2D eigenvalue weighted by atomic mass is 10.1. The van der Waals surface area contributed by atoms with Crippen LogP contribution in [0, 0.1) is 0 Å². The molecule has 0 aromatic heterocycles. The van der Waals surface area contributed by atoms with Gasteiger partial charge < -0.3 is 19.9 Å². The summed E-state index contributed by atoms with van der Waals surface area (Å²) in [5.41, 5.74) is 0.922. The monoisotopic (exact) mass is 293 g/mol. The number of carboxylic acid groups (broad SMARTS) is 1. The van der Waals surface area contributed by atoms with Gasteiger partial charge in [0.2, 0.25) is 5.91 Å². The third kappa shape index (κ3) is 4.37. The van der Waals surface area contributed by atoms with Crippen molar-refractivity contribution in [3.05, 3.63) is 23.8 Å². The van der Waals surface area contributed by atoms with Gasteiger partial charge in [-0.05, 0) is 31.0 Å². The van der Waals surface area contributed by atoms with Gasteiger partial charge in [-0.25, -0.2) is 0 Å². The molecule has 114 valence electrons. The number of carbonyl (C=O) groups is 2. The summed E-state index contributed by atoms with van der Waals surface area (Å²) >= 11 is 0. The van der Waals surface area contributed by atoms with Gasteiger partial charge in [-0.2, -0.15) is 0 Å². The van der Waals surface area contributed by atoms with E-state index in [1.807, 2.05) is 25.1 Å². The van der Waals surface area contributed by atoms with Crippen LogP contribution in [0.25, 0.3) is 0 Å². The number of fused-ring (bicyclic) bond motifs is 1. The highest BCUT2D eigenvalue weighted by Crippen LogP contribution is 2.32. The van der Waals surface area contributed by atoms with Crippen LogP contribution < -0.4 is 14.8 Å². The lowest BCUT2D eigenvalue weighted by Crippen LogP contribution is -2.26. The zero-order valence-electron chi connectivity index (χ0n) is 11.9. The third-order valence-corrected chi connectivity index (χ3v) is 3.24. The van der Waals surface area contributed by atoms with E-state index in [1.54, 1.807) is 0 Å². The number of aliphatic carboxylic acids is 1. The summed E-state index contributed by atoms with van der Waals surface area (Å²) in [5, 5.41) is 11.4. The van der Waals surface area contributed by atoms with Crippen molar-refractivity contribution in [2.75, 3.05) is 13.2 Å². The molecule has 2 N–H and O–H groups in total. The molecule has 1 aromatic rings. The first kappa shape index (κ1) is 15.2. The number of carbonyl (C=O) groups excluding carboxylic acids is 1. The number of ether oxygens (including phenoxy) is 2. The van der Waals surface area contributed by atoms with Crippen molar-refractivity contribution in [1.29, 1.82) is 0 Å². The molecule has 0 bridgehead atoms. The number of hydrogen-bond acceptors (Lipinski definition) is 4. The van der Waals surface area contributed by atoms with Crippen LogP contribution in [-0.4, -0.2) is 30.2 Å². The molecular formula is C15H19NO5. The average molecular weight is 293 g/mol. The minimum atomic E-state index is -0.886. The van der Waals surface area contributed by atoms with E-state index in [9.17, 15) is 9.59 Å². The number of benzene rings is 1. The molecular weight excluding hydrogens is 274 g/mol. The van der Waals surface area contributed by atoms with E-state index < -0.39 is 5.97 Å². The second-order valence-corrected chi connectivity index (χ2v) is 4.94. The standard InChI is InChI=1S/C15H19NO5/c1-10(16-14(17)3-2-4-15(18)19)11-5-6-12-13(9-11)21-8-7-20-12/h5-6,9-10H,2-4,7-8H2,1H3,(H,16,17)(H,18,19). The molecule has 0 saturated heterocycles. The molecule has 1 atom stereocenters. The topological polar surface area (TPSA) is 84.9 Å². The maximum atomic E-state index is 11.7. The summed E-state index contributed by atoms with van der Waals surface area (Å²) in [5.74, 6) is 0.358. The Labute approximate surface area is 123 Å². The van der Waals surface area contributed by atoms with Crippen LogP contribution in [0.1, 0.15) is 37.8 Å². The molecule has 2 rings (SSSR count). The van der Waals surface area contributed by atoms with Crippen LogP contribution >= 0.6 is 0 Å². The minimum absolute atomic E-state index is 0.00578. The lowest BCUT2D eigenvalue weighted by Gasteiger charge is -2.21. The highest BCUT2D eigenvalue weighted by molar-refractivity contribution is 5.77. The van der Waals surface area contributed by atoms with Gasteiger partial charge in [-0.15, -0.1) is 0 Å². The van der Waals surface area contributed by atoms with Crippen molar-refractivity contribution in [1.82, 2.24) is 5.32 Å². The molecule has 0 fully saturated rings.